The molecule has 0 bridgehead atoms. The van der Waals surface area contributed by atoms with Gasteiger partial charge in [0.2, 0.25) is 0 Å². The molecule has 0 atom stereocenters. The number of carboxylic acid groups (broad SMARTS) is 1. The average Bonchev–Trinajstić information content (AvgIpc) is 2.85. The first-order chi connectivity index (χ1) is 8.72. The van der Waals surface area contributed by atoms with Gasteiger partial charge in [0, 0.05) is 0 Å². The second-order valence-corrected chi connectivity index (χ2v) is 3.81. The molecule has 4 nitrogen and oxygen atoms in total. The summed E-state index contributed by atoms with van der Waals surface area (Å²) in [6.45, 7) is 2.16. The molecule has 4 heteroatoms. The van der Waals surface area contributed by atoms with Crippen molar-refractivity contribution < 1.29 is 19.1 Å². The Morgan fingerprint density at radius 2 is 2.11 bits per heavy atom. The van der Waals surface area contributed by atoms with Crippen LogP contribution in [0.5, 0.6) is 5.75 Å². The van der Waals surface area contributed by atoms with Gasteiger partial charge in [0.05, 0.1) is 6.26 Å². The Morgan fingerprint density at radius 3 is 2.83 bits per heavy atom. The number of benzene rings is 1. The van der Waals surface area contributed by atoms with Crippen LogP contribution in [-0.2, 0) is 13.0 Å². The molecule has 0 fully saturated rings. The van der Waals surface area contributed by atoms with E-state index in [-0.39, 0.29) is 12.2 Å². The van der Waals surface area contributed by atoms with Gasteiger partial charge in [-0.25, -0.2) is 4.79 Å². The van der Waals surface area contributed by atoms with Crippen molar-refractivity contribution in [3.63, 3.8) is 0 Å². The van der Waals surface area contributed by atoms with E-state index in [2.05, 4.69) is 0 Å². The van der Waals surface area contributed by atoms with Gasteiger partial charge in [-0.05, 0) is 24.1 Å². The van der Waals surface area contributed by atoms with Crippen molar-refractivity contribution >= 4 is 5.97 Å². The van der Waals surface area contributed by atoms with E-state index in [1.807, 2.05) is 31.2 Å². The summed E-state index contributed by atoms with van der Waals surface area (Å²) < 4.78 is 10.7. The van der Waals surface area contributed by atoms with Crippen molar-refractivity contribution in [3.8, 4) is 5.75 Å². The van der Waals surface area contributed by atoms with Crippen LogP contribution < -0.4 is 4.74 Å². The van der Waals surface area contributed by atoms with E-state index in [9.17, 15) is 4.79 Å². The van der Waals surface area contributed by atoms with E-state index in [1.165, 1.54) is 12.3 Å². The smallest absolute Gasteiger partial charge is 0.339 e. The van der Waals surface area contributed by atoms with Crippen molar-refractivity contribution in [2.75, 3.05) is 0 Å². The third kappa shape index (κ3) is 2.53. The second-order valence-electron chi connectivity index (χ2n) is 3.81. The third-order valence-electron chi connectivity index (χ3n) is 2.69. The summed E-state index contributed by atoms with van der Waals surface area (Å²) in [5, 5.41) is 8.94. The lowest BCUT2D eigenvalue weighted by Gasteiger charge is -2.09. The molecule has 1 aromatic carbocycles. The zero-order valence-electron chi connectivity index (χ0n) is 10.1. The topological polar surface area (TPSA) is 59.7 Å². The second kappa shape index (κ2) is 5.40. The molecular weight excluding hydrogens is 232 g/mol. The average molecular weight is 246 g/mol. The summed E-state index contributed by atoms with van der Waals surface area (Å²) in [7, 11) is 0. The number of hydrogen-bond donors (Lipinski definition) is 1. The molecule has 1 aromatic heterocycles. The van der Waals surface area contributed by atoms with Crippen LogP contribution in [0.15, 0.2) is 41.0 Å². The number of para-hydroxylation sites is 1. The van der Waals surface area contributed by atoms with Gasteiger partial charge in [-0.1, -0.05) is 25.1 Å². The van der Waals surface area contributed by atoms with E-state index in [0.29, 0.717) is 5.76 Å². The van der Waals surface area contributed by atoms with Crippen molar-refractivity contribution in [3.05, 3.63) is 53.5 Å². The summed E-state index contributed by atoms with van der Waals surface area (Å²) >= 11 is 0. The summed E-state index contributed by atoms with van der Waals surface area (Å²) in [4.78, 5) is 10.9. The Bertz CT molecular complexity index is 542. The third-order valence-corrected chi connectivity index (χ3v) is 2.69. The van der Waals surface area contributed by atoms with E-state index < -0.39 is 5.97 Å². The molecule has 0 radical (unpaired) electrons. The minimum absolute atomic E-state index is 0.117. The van der Waals surface area contributed by atoms with Crippen molar-refractivity contribution in [1.82, 2.24) is 0 Å². The van der Waals surface area contributed by atoms with Crippen LogP contribution in [0.25, 0.3) is 0 Å². The van der Waals surface area contributed by atoms with Gasteiger partial charge >= 0.3 is 5.97 Å². The molecule has 94 valence electrons. The molecule has 0 aliphatic heterocycles. The highest BCUT2D eigenvalue weighted by molar-refractivity contribution is 5.88. The molecule has 2 aromatic rings. The largest absolute Gasteiger partial charge is 0.485 e. The van der Waals surface area contributed by atoms with Gasteiger partial charge in [0.25, 0.3) is 0 Å². The fourth-order valence-corrected chi connectivity index (χ4v) is 1.72. The van der Waals surface area contributed by atoms with Gasteiger partial charge in [-0.15, -0.1) is 0 Å². The van der Waals surface area contributed by atoms with Crippen LogP contribution in [0.1, 0.15) is 28.6 Å². The fourth-order valence-electron chi connectivity index (χ4n) is 1.72. The first-order valence-corrected chi connectivity index (χ1v) is 5.72. The van der Waals surface area contributed by atoms with Crippen molar-refractivity contribution in [1.29, 1.82) is 0 Å². The maximum absolute atomic E-state index is 10.9. The van der Waals surface area contributed by atoms with Crippen molar-refractivity contribution in [2.45, 2.75) is 20.0 Å². The number of aryl methyl sites for hydroxylation is 1. The SMILES string of the molecule is CCc1ccccc1OCc1occc1C(=O)O. The Hall–Kier alpha value is -2.23. The maximum Gasteiger partial charge on any atom is 0.339 e. The minimum atomic E-state index is -1.01. The molecule has 0 unspecified atom stereocenters. The van der Waals surface area contributed by atoms with Crippen LogP contribution in [0, 0.1) is 0 Å². The van der Waals surface area contributed by atoms with E-state index in [0.717, 1.165) is 17.7 Å². The monoisotopic (exact) mass is 246 g/mol. The lowest BCUT2D eigenvalue weighted by atomic mass is 10.1. The van der Waals surface area contributed by atoms with Crippen LogP contribution in [-0.4, -0.2) is 11.1 Å². The van der Waals surface area contributed by atoms with Gasteiger partial charge in [0.15, 0.2) is 5.76 Å². The van der Waals surface area contributed by atoms with Gasteiger partial charge < -0.3 is 14.3 Å². The maximum atomic E-state index is 10.9. The highest BCUT2D eigenvalue weighted by Gasteiger charge is 2.14. The normalized spacial score (nSPS) is 10.3. The highest BCUT2D eigenvalue weighted by Crippen LogP contribution is 2.21. The first-order valence-electron chi connectivity index (χ1n) is 5.72. The molecule has 0 aliphatic rings. The van der Waals surface area contributed by atoms with Gasteiger partial charge in [-0.3, -0.25) is 0 Å². The zero-order chi connectivity index (χ0) is 13.0. The summed E-state index contributed by atoms with van der Waals surface area (Å²) in [6, 6.07) is 9.10. The lowest BCUT2D eigenvalue weighted by molar-refractivity contribution is 0.0692. The molecule has 0 aliphatic carbocycles. The Kier molecular flexibility index (Phi) is 3.67. The molecule has 0 saturated heterocycles. The quantitative estimate of drug-likeness (QED) is 0.880. The molecular formula is C14H14O4. The Balaban J connectivity index is 2.11. The number of aromatic carboxylic acids is 1. The summed E-state index contributed by atoms with van der Waals surface area (Å²) in [6.07, 6.45) is 2.22. The lowest BCUT2D eigenvalue weighted by Crippen LogP contribution is -2.03. The first kappa shape index (κ1) is 12.2. The number of carboxylic acids is 1. The standard InChI is InChI=1S/C14H14O4/c1-2-10-5-3-4-6-12(10)18-9-13-11(14(15)16)7-8-17-13/h3-8H,2,9H2,1H3,(H,15,16). The molecule has 0 amide bonds. The van der Waals surface area contributed by atoms with Crippen LogP contribution >= 0.6 is 0 Å². The molecule has 1 heterocycles. The molecule has 1 N–H and O–H groups in total. The van der Waals surface area contributed by atoms with E-state index in [1.54, 1.807) is 0 Å². The van der Waals surface area contributed by atoms with Crippen LogP contribution in [0.3, 0.4) is 0 Å². The number of hydrogen-bond acceptors (Lipinski definition) is 3. The molecule has 0 spiro atoms. The number of ether oxygens (including phenoxy) is 1. The number of rotatable bonds is 5. The fraction of sp³-hybridized carbons (Fsp3) is 0.214. The Labute approximate surface area is 105 Å². The zero-order valence-corrected chi connectivity index (χ0v) is 10.1. The molecule has 0 saturated carbocycles. The Morgan fingerprint density at radius 1 is 1.33 bits per heavy atom. The molecule has 2 rings (SSSR count). The van der Waals surface area contributed by atoms with Crippen LogP contribution in [0.4, 0.5) is 0 Å². The summed E-state index contributed by atoms with van der Waals surface area (Å²) in [5.41, 5.74) is 1.23. The minimum Gasteiger partial charge on any atom is -0.485 e. The highest BCUT2D eigenvalue weighted by atomic mass is 16.5. The van der Waals surface area contributed by atoms with E-state index in [4.69, 9.17) is 14.3 Å². The predicted octanol–water partition coefficient (Wildman–Crippen LogP) is 3.12. The number of carbonyl (C=O) groups is 1. The summed E-state index contributed by atoms with van der Waals surface area (Å²) in [5.74, 6) is 0.0762. The van der Waals surface area contributed by atoms with Crippen LogP contribution in [0.2, 0.25) is 0 Å². The molecule has 18 heavy (non-hydrogen) atoms. The number of furan rings is 1. The van der Waals surface area contributed by atoms with Crippen molar-refractivity contribution in [2.24, 2.45) is 0 Å². The van der Waals surface area contributed by atoms with E-state index >= 15 is 0 Å². The van der Waals surface area contributed by atoms with Gasteiger partial charge in [0.1, 0.15) is 17.9 Å². The predicted molar refractivity (Wildman–Crippen MR) is 65.8 cm³/mol. The van der Waals surface area contributed by atoms with Gasteiger partial charge in [-0.2, -0.15) is 0 Å².